The highest BCUT2D eigenvalue weighted by Gasteiger charge is 2.08. The second-order valence-electron chi connectivity index (χ2n) is 2.75. The van der Waals surface area contributed by atoms with Crippen molar-refractivity contribution in [2.75, 3.05) is 6.61 Å². The lowest BCUT2D eigenvalue weighted by molar-refractivity contribution is 0.273. The van der Waals surface area contributed by atoms with Crippen molar-refractivity contribution in [2.24, 2.45) is 0 Å². The van der Waals surface area contributed by atoms with Gasteiger partial charge in [-0.3, -0.25) is 0 Å². The molecule has 0 aromatic heterocycles. The fourth-order valence-electron chi connectivity index (χ4n) is 0.991. The lowest BCUT2D eigenvalue weighted by Gasteiger charge is -2.10. The molecule has 0 aliphatic rings. The molecule has 0 aliphatic carbocycles. The van der Waals surface area contributed by atoms with Gasteiger partial charge in [0.15, 0.2) is 0 Å². The third kappa shape index (κ3) is 2.22. The van der Waals surface area contributed by atoms with Crippen LogP contribution in [0.3, 0.4) is 0 Å². The summed E-state index contributed by atoms with van der Waals surface area (Å²) in [6.07, 6.45) is 0. The van der Waals surface area contributed by atoms with Crippen LogP contribution in [0.1, 0.15) is 18.4 Å². The van der Waals surface area contributed by atoms with Crippen molar-refractivity contribution in [1.29, 1.82) is 0 Å². The first-order valence-electron chi connectivity index (χ1n) is 3.71. The van der Waals surface area contributed by atoms with Gasteiger partial charge in [-0.1, -0.05) is 34.5 Å². The van der Waals surface area contributed by atoms with Gasteiger partial charge < -0.3 is 5.11 Å². The van der Waals surface area contributed by atoms with Crippen LogP contribution in [0.25, 0.3) is 0 Å². The molecule has 1 aromatic rings. The summed E-state index contributed by atoms with van der Waals surface area (Å²) in [6.45, 7) is 2.06. The molecule has 1 nitrogen and oxygen atoms in total. The van der Waals surface area contributed by atoms with E-state index in [9.17, 15) is 0 Å². The molecule has 0 heterocycles. The quantitative estimate of drug-likeness (QED) is 0.853. The minimum Gasteiger partial charge on any atom is -0.396 e. The van der Waals surface area contributed by atoms with Crippen LogP contribution < -0.4 is 0 Å². The maximum Gasteiger partial charge on any atom is 0.0497 e. The van der Waals surface area contributed by atoms with Crippen LogP contribution in [-0.4, -0.2) is 11.7 Å². The molecule has 1 N–H and O–H groups in total. The van der Waals surface area contributed by atoms with Crippen LogP contribution in [0.15, 0.2) is 22.7 Å². The molecular weight excluding hydrogens is 239 g/mol. The zero-order valence-electron chi connectivity index (χ0n) is 6.72. The fraction of sp³-hybridized carbons (Fsp3) is 0.333. The number of halogens is 2. The van der Waals surface area contributed by atoms with Gasteiger partial charge in [0.05, 0.1) is 0 Å². The molecule has 0 aliphatic heterocycles. The highest BCUT2D eigenvalue weighted by molar-refractivity contribution is 9.10. The summed E-state index contributed by atoms with van der Waals surface area (Å²) >= 11 is 9.29. The number of hydrogen-bond acceptors (Lipinski definition) is 1. The molecule has 1 aromatic carbocycles. The van der Waals surface area contributed by atoms with Gasteiger partial charge in [0.1, 0.15) is 0 Å². The highest BCUT2D eigenvalue weighted by atomic mass is 79.9. The molecule has 1 unspecified atom stereocenters. The second kappa shape index (κ2) is 4.26. The number of aliphatic hydroxyl groups is 1. The van der Waals surface area contributed by atoms with Crippen molar-refractivity contribution in [2.45, 2.75) is 12.8 Å². The van der Waals surface area contributed by atoms with Crippen molar-refractivity contribution in [3.63, 3.8) is 0 Å². The number of benzene rings is 1. The van der Waals surface area contributed by atoms with E-state index in [4.69, 9.17) is 16.7 Å². The monoisotopic (exact) mass is 248 g/mol. The molecule has 0 amide bonds. The summed E-state index contributed by atoms with van der Waals surface area (Å²) in [6, 6.07) is 5.65. The van der Waals surface area contributed by atoms with Crippen LogP contribution in [-0.2, 0) is 0 Å². The Labute approximate surface area is 85.5 Å². The average Bonchev–Trinajstić information content (AvgIpc) is 2.08. The Morgan fingerprint density at radius 2 is 2.25 bits per heavy atom. The van der Waals surface area contributed by atoms with Gasteiger partial charge in [-0.05, 0) is 23.8 Å². The van der Waals surface area contributed by atoms with Crippen LogP contribution in [0.5, 0.6) is 0 Å². The Morgan fingerprint density at radius 1 is 1.58 bits per heavy atom. The summed E-state index contributed by atoms with van der Waals surface area (Å²) in [4.78, 5) is 0. The van der Waals surface area contributed by atoms with Crippen LogP contribution in [0, 0.1) is 0 Å². The van der Waals surface area contributed by atoms with E-state index in [0.29, 0.717) is 5.02 Å². The van der Waals surface area contributed by atoms with Crippen LogP contribution >= 0.6 is 27.5 Å². The van der Waals surface area contributed by atoms with Crippen molar-refractivity contribution in [3.05, 3.63) is 33.3 Å². The second-order valence-corrected chi connectivity index (χ2v) is 4.07. The largest absolute Gasteiger partial charge is 0.396 e. The van der Waals surface area contributed by atoms with Gasteiger partial charge >= 0.3 is 0 Å². The highest BCUT2D eigenvalue weighted by Crippen LogP contribution is 2.27. The molecule has 0 spiro atoms. The Hall–Kier alpha value is -0.0500. The number of rotatable bonds is 2. The molecule has 1 atom stereocenters. The van der Waals surface area contributed by atoms with Gasteiger partial charge in [0.25, 0.3) is 0 Å². The number of aliphatic hydroxyl groups excluding tert-OH is 1. The van der Waals surface area contributed by atoms with Gasteiger partial charge in [0.2, 0.25) is 0 Å². The Balaban J connectivity index is 3.04. The van der Waals surface area contributed by atoms with E-state index in [0.717, 1.165) is 10.0 Å². The van der Waals surface area contributed by atoms with E-state index in [1.54, 1.807) is 0 Å². The topological polar surface area (TPSA) is 20.2 Å². The first-order chi connectivity index (χ1) is 5.65. The Kier molecular flexibility index (Phi) is 3.56. The zero-order chi connectivity index (χ0) is 9.14. The molecule has 0 bridgehead atoms. The normalized spacial score (nSPS) is 13.0. The van der Waals surface area contributed by atoms with Gasteiger partial charge in [0, 0.05) is 22.0 Å². The Morgan fingerprint density at radius 3 is 2.83 bits per heavy atom. The van der Waals surface area contributed by atoms with E-state index in [1.807, 2.05) is 25.1 Å². The maximum absolute atomic E-state index is 8.93. The fourth-order valence-corrected chi connectivity index (χ4v) is 1.67. The summed E-state index contributed by atoms with van der Waals surface area (Å²) < 4.78 is 0.988. The molecule has 0 fully saturated rings. The predicted octanol–water partition coefficient (Wildman–Crippen LogP) is 3.20. The van der Waals surface area contributed by atoms with E-state index in [-0.39, 0.29) is 12.5 Å². The van der Waals surface area contributed by atoms with E-state index < -0.39 is 0 Å². The van der Waals surface area contributed by atoms with E-state index >= 15 is 0 Å². The third-order valence-corrected chi connectivity index (χ3v) is 2.60. The average molecular weight is 250 g/mol. The van der Waals surface area contributed by atoms with Crippen molar-refractivity contribution in [3.8, 4) is 0 Å². The molecule has 0 saturated carbocycles. The molecule has 0 saturated heterocycles. The summed E-state index contributed by atoms with van der Waals surface area (Å²) in [5.41, 5.74) is 0.980. The van der Waals surface area contributed by atoms with Crippen LogP contribution in [0.2, 0.25) is 5.02 Å². The molecule has 3 heteroatoms. The van der Waals surface area contributed by atoms with Crippen molar-refractivity contribution in [1.82, 2.24) is 0 Å². The van der Waals surface area contributed by atoms with E-state index in [1.165, 1.54) is 0 Å². The summed E-state index contributed by atoms with van der Waals surface area (Å²) in [7, 11) is 0. The van der Waals surface area contributed by atoms with Gasteiger partial charge in [-0.25, -0.2) is 0 Å². The molecular formula is C9H10BrClO. The van der Waals surface area contributed by atoms with Gasteiger partial charge in [-0.2, -0.15) is 0 Å². The first-order valence-corrected chi connectivity index (χ1v) is 4.88. The molecule has 1 rings (SSSR count). The zero-order valence-corrected chi connectivity index (χ0v) is 9.06. The molecule has 66 valence electrons. The number of hydrogen-bond donors (Lipinski definition) is 1. The van der Waals surface area contributed by atoms with Gasteiger partial charge in [-0.15, -0.1) is 0 Å². The molecule has 0 radical (unpaired) electrons. The minimum atomic E-state index is 0.0926. The lowest BCUT2D eigenvalue weighted by Crippen LogP contribution is -1.99. The Bertz CT molecular complexity index is 275. The first kappa shape index (κ1) is 10.0. The minimum absolute atomic E-state index is 0.0926. The standard InChI is InChI=1S/C9H10BrClO/c1-6(5-12)8-4-7(10)2-3-9(8)11/h2-4,6,12H,5H2,1H3. The SMILES string of the molecule is CC(CO)c1cc(Br)ccc1Cl. The van der Waals surface area contributed by atoms with Crippen molar-refractivity contribution < 1.29 is 5.11 Å². The van der Waals surface area contributed by atoms with E-state index in [2.05, 4.69) is 15.9 Å². The molecule has 12 heavy (non-hydrogen) atoms. The maximum atomic E-state index is 8.93. The van der Waals surface area contributed by atoms with Crippen molar-refractivity contribution >= 4 is 27.5 Å². The third-order valence-electron chi connectivity index (χ3n) is 1.76. The lowest BCUT2D eigenvalue weighted by atomic mass is 10.0. The smallest absolute Gasteiger partial charge is 0.0497 e. The predicted molar refractivity (Wildman–Crippen MR) is 54.7 cm³/mol. The van der Waals surface area contributed by atoms with Crippen LogP contribution in [0.4, 0.5) is 0 Å². The summed E-state index contributed by atoms with van der Waals surface area (Å²) in [5, 5.41) is 9.64. The summed E-state index contributed by atoms with van der Waals surface area (Å²) in [5.74, 6) is 0.0926.